The lowest BCUT2D eigenvalue weighted by Gasteiger charge is -2.12. The van der Waals surface area contributed by atoms with E-state index in [-0.39, 0.29) is 18.4 Å². The SMILES string of the molecule is CNC(=O)C(C)NC(=O)CNc1ccccc1. The number of para-hydroxylation sites is 1. The van der Waals surface area contributed by atoms with Crippen molar-refractivity contribution < 1.29 is 9.59 Å². The molecule has 1 aromatic carbocycles. The molecular formula is C12H17N3O2. The van der Waals surface area contributed by atoms with Crippen LogP contribution in [-0.4, -0.2) is 31.4 Å². The van der Waals surface area contributed by atoms with Gasteiger partial charge in [-0.3, -0.25) is 9.59 Å². The fraction of sp³-hybridized carbons (Fsp3) is 0.333. The average Bonchev–Trinajstić information content (AvgIpc) is 2.36. The normalized spacial score (nSPS) is 11.4. The minimum Gasteiger partial charge on any atom is -0.376 e. The Balaban J connectivity index is 2.33. The first-order valence-electron chi connectivity index (χ1n) is 5.43. The lowest BCUT2D eigenvalue weighted by Crippen LogP contribution is -2.45. The van der Waals surface area contributed by atoms with Crippen LogP contribution in [0.15, 0.2) is 30.3 Å². The van der Waals surface area contributed by atoms with Crippen molar-refractivity contribution >= 4 is 17.5 Å². The number of likely N-dealkylation sites (N-methyl/N-ethyl adjacent to an activating group) is 1. The second-order valence-electron chi connectivity index (χ2n) is 3.62. The lowest BCUT2D eigenvalue weighted by molar-refractivity contribution is -0.127. The molecule has 0 saturated carbocycles. The van der Waals surface area contributed by atoms with Gasteiger partial charge in [0, 0.05) is 12.7 Å². The fourth-order valence-electron chi connectivity index (χ4n) is 1.31. The van der Waals surface area contributed by atoms with Crippen molar-refractivity contribution in [1.29, 1.82) is 0 Å². The summed E-state index contributed by atoms with van der Waals surface area (Å²) < 4.78 is 0. The van der Waals surface area contributed by atoms with Crippen molar-refractivity contribution in [3.63, 3.8) is 0 Å². The maximum atomic E-state index is 11.5. The van der Waals surface area contributed by atoms with E-state index in [9.17, 15) is 9.59 Å². The van der Waals surface area contributed by atoms with E-state index in [2.05, 4.69) is 16.0 Å². The highest BCUT2D eigenvalue weighted by atomic mass is 16.2. The summed E-state index contributed by atoms with van der Waals surface area (Å²) >= 11 is 0. The Bertz CT molecular complexity index is 379. The van der Waals surface area contributed by atoms with Gasteiger partial charge in [0.2, 0.25) is 11.8 Å². The molecule has 0 aliphatic rings. The number of nitrogens with one attached hydrogen (secondary N) is 3. The van der Waals surface area contributed by atoms with Crippen LogP contribution in [0, 0.1) is 0 Å². The maximum absolute atomic E-state index is 11.5. The quantitative estimate of drug-likeness (QED) is 0.689. The summed E-state index contributed by atoms with van der Waals surface area (Å²) in [4.78, 5) is 22.7. The van der Waals surface area contributed by atoms with Crippen molar-refractivity contribution in [1.82, 2.24) is 10.6 Å². The number of amides is 2. The van der Waals surface area contributed by atoms with Crippen molar-refractivity contribution in [3.8, 4) is 0 Å². The molecule has 1 rings (SSSR count). The zero-order valence-corrected chi connectivity index (χ0v) is 9.99. The van der Waals surface area contributed by atoms with Crippen LogP contribution >= 0.6 is 0 Å². The maximum Gasteiger partial charge on any atom is 0.242 e. The predicted molar refractivity (Wildman–Crippen MR) is 66.6 cm³/mol. The molecule has 1 atom stereocenters. The molecule has 1 unspecified atom stereocenters. The number of hydrogen-bond donors (Lipinski definition) is 3. The summed E-state index contributed by atoms with van der Waals surface area (Å²) in [6, 6.07) is 8.88. The zero-order chi connectivity index (χ0) is 12.7. The van der Waals surface area contributed by atoms with Crippen LogP contribution in [0.4, 0.5) is 5.69 Å². The van der Waals surface area contributed by atoms with Crippen molar-refractivity contribution in [2.75, 3.05) is 18.9 Å². The Morgan fingerprint density at radius 2 is 1.88 bits per heavy atom. The molecule has 0 aromatic heterocycles. The molecule has 0 fully saturated rings. The molecular weight excluding hydrogens is 218 g/mol. The van der Waals surface area contributed by atoms with Crippen molar-refractivity contribution in [2.45, 2.75) is 13.0 Å². The average molecular weight is 235 g/mol. The third-order valence-electron chi connectivity index (χ3n) is 2.24. The van der Waals surface area contributed by atoms with Gasteiger partial charge in [0.1, 0.15) is 6.04 Å². The third kappa shape index (κ3) is 4.55. The Kier molecular flexibility index (Phi) is 5.00. The molecule has 1 aromatic rings. The summed E-state index contributed by atoms with van der Waals surface area (Å²) in [7, 11) is 1.53. The molecule has 0 aliphatic heterocycles. The Hall–Kier alpha value is -2.04. The van der Waals surface area contributed by atoms with E-state index < -0.39 is 6.04 Å². The summed E-state index contributed by atoms with van der Waals surface area (Å²) in [5.41, 5.74) is 0.871. The van der Waals surface area contributed by atoms with Crippen LogP contribution in [0.2, 0.25) is 0 Å². The molecule has 0 saturated heterocycles. The first kappa shape index (κ1) is 13.0. The monoisotopic (exact) mass is 235 g/mol. The molecule has 92 valence electrons. The molecule has 3 N–H and O–H groups in total. The molecule has 5 heteroatoms. The Labute approximate surface area is 101 Å². The van der Waals surface area contributed by atoms with Gasteiger partial charge in [-0.05, 0) is 19.1 Å². The number of benzene rings is 1. The number of hydrogen-bond acceptors (Lipinski definition) is 3. The van der Waals surface area contributed by atoms with Gasteiger partial charge >= 0.3 is 0 Å². The summed E-state index contributed by atoms with van der Waals surface area (Å²) in [6.07, 6.45) is 0. The molecule has 0 heterocycles. The minimum absolute atomic E-state index is 0.144. The van der Waals surface area contributed by atoms with E-state index in [1.165, 1.54) is 7.05 Å². The number of carbonyl (C=O) groups excluding carboxylic acids is 2. The van der Waals surface area contributed by atoms with Gasteiger partial charge in [-0.25, -0.2) is 0 Å². The highest BCUT2D eigenvalue weighted by molar-refractivity contribution is 5.88. The Morgan fingerprint density at radius 3 is 2.47 bits per heavy atom. The molecule has 17 heavy (non-hydrogen) atoms. The van der Waals surface area contributed by atoms with Crippen molar-refractivity contribution in [2.24, 2.45) is 0 Å². The van der Waals surface area contributed by atoms with Gasteiger partial charge in [0.05, 0.1) is 6.54 Å². The second kappa shape index (κ2) is 6.52. The minimum atomic E-state index is -0.523. The van der Waals surface area contributed by atoms with E-state index in [0.29, 0.717) is 0 Å². The summed E-state index contributed by atoms with van der Waals surface area (Å²) in [6.45, 7) is 1.78. The van der Waals surface area contributed by atoms with E-state index >= 15 is 0 Å². The first-order chi connectivity index (χ1) is 8.13. The lowest BCUT2D eigenvalue weighted by atomic mass is 10.3. The molecule has 0 radical (unpaired) electrons. The zero-order valence-electron chi connectivity index (χ0n) is 9.99. The number of anilines is 1. The van der Waals surface area contributed by atoms with E-state index in [4.69, 9.17) is 0 Å². The van der Waals surface area contributed by atoms with Gasteiger partial charge in [0.15, 0.2) is 0 Å². The standard InChI is InChI=1S/C12H17N3O2/c1-9(12(17)13-2)15-11(16)8-14-10-6-4-3-5-7-10/h3-7,9,14H,8H2,1-2H3,(H,13,17)(H,15,16). The molecule has 5 nitrogen and oxygen atoms in total. The fourth-order valence-corrected chi connectivity index (χ4v) is 1.31. The van der Waals surface area contributed by atoms with Crippen LogP contribution in [0.25, 0.3) is 0 Å². The van der Waals surface area contributed by atoms with Gasteiger partial charge < -0.3 is 16.0 Å². The predicted octanol–water partition coefficient (Wildman–Crippen LogP) is 0.349. The van der Waals surface area contributed by atoms with Gasteiger partial charge in [-0.2, -0.15) is 0 Å². The summed E-state index contributed by atoms with van der Waals surface area (Å²) in [5.74, 6) is -0.428. The highest BCUT2D eigenvalue weighted by Gasteiger charge is 2.13. The van der Waals surface area contributed by atoms with Crippen LogP contribution in [0.3, 0.4) is 0 Å². The smallest absolute Gasteiger partial charge is 0.242 e. The molecule has 0 bridgehead atoms. The Morgan fingerprint density at radius 1 is 1.24 bits per heavy atom. The second-order valence-corrected chi connectivity index (χ2v) is 3.62. The number of carbonyl (C=O) groups is 2. The van der Waals surface area contributed by atoms with Gasteiger partial charge in [0.25, 0.3) is 0 Å². The van der Waals surface area contributed by atoms with Crippen LogP contribution in [-0.2, 0) is 9.59 Å². The van der Waals surface area contributed by atoms with Crippen molar-refractivity contribution in [3.05, 3.63) is 30.3 Å². The van der Waals surface area contributed by atoms with Crippen LogP contribution < -0.4 is 16.0 Å². The topological polar surface area (TPSA) is 70.2 Å². The van der Waals surface area contributed by atoms with Crippen LogP contribution in [0.5, 0.6) is 0 Å². The molecule has 0 spiro atoms. The summed E-state index contributed by atoms with van der Waals surface area (Å²) in [5, 5.41) is 8.02. The van der Waals surface area contributed by atoms with Gasteiger partial charge in [-0.1, -0.05) is 18.2 Å². The van der Waals surface area contributed by atoms with E-state index in [1.54, 1.807) is 6.92 Å². The largest absolute Gasteiger partial charge is 0.376 e. The van der Waals surface area contributed by atoms with E-state index in [0.717, 1.165) is 5.69 Å². The van der Waals surface area contributed by atoms with Gasteiger partial charge in [-0.15, -0.1) is 0 Å². The van der Waals surface area contributed by atoms with Crippen LogP contribution in [0.1, 0.15) is 6.92 Å². The highest BCUT2D eigenvalue weighted by Crippen LogP contribution is 2.03. The molecule has 0 aliphatic carbocycles. The first-order valence-corrected chi connectivity index (χ1v) is 5.43. The third-order valence-corrected chi connectivity index (χ3v) is 2.24. The molecule has 2 amide bonds. The van der Waals surface area contributed by atoms with E-state index in [1.807, 2.05) is 30.3 Å². The number of rotatable bonds is 5.